The van der Waals surface area contributed by atoms with E-state index in [0.717, 1.165) is 38.5 Å². The number of carbonyl (C=O) groups is 12. The van der Waals surface area contributed by atoms with E-state index < -0.39 is 174 Å². The Kier molecular flexibility index (Phi) is 30.1. The van der Waals surface area contributed by atoms with Crippen molar-refractivity contribution in [3.05, 3.63) is 12.2 Å². The molecule has 13 atom stereocenters. The minimum atomic E-state index is -4.51. The molecule has 1 spiro atoms. The summed E-state index contributed by atoms with van der Waals surface area (Å²) in [5.74, 6) is -10.4. The first-order valence-electron chi connectivity index (χ1n) is 38.6. The predicted octanol–water partition coefficient (Wildman–Crippen LogP) is 6.16. The zero-order valence-corrected chi connectivity index (χ0v) is 64.7. The monoisotopic (exact) mass is 1470 g/mol. The lowest BCUT2D eigenvalue weighted by atomic mass is 9.74. The van der Waals surface area contributed by atoms with E-state index in [2.05, 4.69) is 22.9 Å². The first-order chi connectivity index (χ1) is 49.0. The van der Waals surface area contributed by atoms with Gasteiger partial charge in [0.15, 0.2) is 0 Å². The third-order valence-corrected chi connectivity index (χ3v) is 24.3. The van der Waals surface area contributed by atoms with Crippen LogP contribution in [-0.4, -0.2) is 270 Å². The third-order valence-electron chi connectivity index (χ3n) is 24.3. The van der Waals surface area contributed by atoms with Gasteiger partial charge in [-0.25, -0.2) is 0 Å². The van der Waals surface area contributed by atoms with Gasteiger partial charge >= 0.3 is 6.18 Å². The number of fused-ring (bicyclic) bond motifs is 3. The van der Waals surface area contributed by atoms with Gasteiger partial charge < -0.3 is 64.8 Å². The second kappa shape index (κ2) is 37.1. The second-order valence-corrected chi connectivity index (χ2v) is 32.3. The fourth-order valence-corrected chi connectivity index (χ4v) is 17.1. The summed E-state index contributed by atoms with van der Waals surface area (Å²) in [7, 11) is 11.5. The smallest absolute Gasteiger partial charge is 0.381 e. The molecule has 2 saturated heterocycles. The number of hydrogen-bond donors (Lipinski definition) is 3. The lowest BCUT2D eigenvalue weighted by Gasteiger charge is -2.47. The maximum Gasteiger partial charge on any atom is 0.394 e. The van der Waals surface area contributed by atoms with E-state index in [0.29, 0.717) is 38.0 Å². The van der Waals surface area contributed by atoms with Crippen molar-refractivity contribution in [3.8, 4) is 0 Å². The van der Waals surface area contributed by atoms with E-state index in [1.54, 1.807) is 27.0 Å². The summed E-state index contributed by atoms with van der Waals surface area (Å²) in [4.78, 5) is 193. The van der Waals surface area contributed by atoms with Crippen LogP contribution in [0.2, 0.25) is 0 Å². The van der Waals surface area contributed by atoms with E-state index >= 15 is 28.8 Å². The van der Waals surface area contributed by atoms with Gasteiger partial charge in [0.05, 0.1) is 31.5 Å². The molecule has 4 saturated carbocycles. The first-order valence-corrected chi connectivity index (χ1v) is 38.6. The molecule has 0 aromatic carbocycles. The number of nitrogens with zero attached hydrogens (tertiary/aromatic N) is 9. The van der Waals surface area contributed by atoms with Crippen LogP contribution in [0, 0.1) is 47.3 Å². The molecule has 28 heteroatoms. The van der Waals surface area contributed by atoms with Crippen molar-refractivity contribution >= 4 is 70.9 Å². The van der Waals surface area contributed by atoms with Gasteiger partial charge in [0.25, 0.3) is 0 Å². The Hall–Kier alpha value is -6.87. The molecular formula is C76H123F3N12O13. The molecule has 12 amide bonds. The summed E-state index contributed by atoms with van der Waals surface area (Å²) in [5.41, 5.74) is -1.54. The number of rotatable bonds is 13. The molecule has 25 nitrogen and oxygen atoms in total. The number of halogens is 3. The average molecular weight is 1470 g/mol. The number of nitrogens with one attached hydrogen (secondary N) is 3. The van der Waals surface area contributed by atoms with E-state index in [9.17, 15) is 41.9 Å². The molecule has 0 aromatic rings. The first kappa shape index (κ1) is 84.4. The van der Waals surface area contributed by atoms with Crippen LogP contribution in [0.1, 0.15) is 196 Å². The summed E-state index contributed by atoms with van der Waals surface area (Å²) in [6.07, 6.45) is 5.70. The summed E-state index contributed by atoms with van der Waals surface area (Å²) >= 11 is 0. The number of amides is 12. The number of hydrogen-bond acceptors (Lipinski definition) is 13. The van der Waals surface area contributed by atoms with Gasteiger partial charge in [-0.1, -0.05) is 98.6 Å². The lowest BCUT2D eigenvalue weighted by molar-refractivity contribution is -0.215. The maximum absolute atomic E-state index is 15.6. The molecule has 3 N–H and O–H groups in total. The fraction of sp³-hybridized carbons (Fsp3) is 0.816. The van der Waals surface area contributed by atoms with Crippen LogP contribution in [0.15, 0.2) is 12.2 Å². The van der Waals surface area contributed by atoms with E-state index in [1.807, 2.05) is 33.8 Å². The summed E-state index contributed by atoms with van der Waals surface area (Å²) < 4.78 is 48.2. The van der Waals surface area contributed by atoms with Crippen molar-refractivity contribution in [1.82, 2.24) is 60.0 Å². The molecule has 7 rings (SSSR count). The molecule has 0 aromatic heterocycles. The van der Waals surface area contributed by atoms with Gasteiger partial charge in [-0.2, -0.15) is 13.2 Å². The van der Waals surface area contributed by atoms with Gasteiger partial charge in [0.1, 0.15) is 53.9 Å². The minimum Gasteiger partial charge on any atom is -0.381 e. The topological polar surface area (TPSA) is 279 Å². The van der Waals surface area contributed by atoms with Crippen LogP contribution in [0.4, 0.5) is 13.2 Å². The normalized spacial score (nSPS) is 31.9. The van der Waals surface area contributed by atoms with Crippen molar-refractivity contribution in [2.75, 3.05) is 89.2 Å². The Balaban J connectivity index is 1.30. The quantitative estimate of drug-likeness (QED) is 0.175. The molecule has 3 heterocycles. The Labute approximate surface area is 614 Å². The number of methoxy groups -OCH3 is 1. The van der Waals surface area contributed by atoms with Crippen molar-refractivity contribution in [2.24, 2.45) is 47.3 Å². The van der Waals surface area contributed by atoms with Gasteiger partial charge in [-0.05, 0) is 145 Å². The molecule has 2 bridgehead atoms. The highest BCUT2D eigenvalue weighted by molar-refractivity contribution is 6.01. The van der Waals surface area contributed by atoms with Crippen molar-refractivity contribution in [2.45, 2.75) is 262 Å². The highest BCUT2D eigenvalue weighted by Gasteiger charge is 2.54. The molecule has 7 aliphatic rings. The summed E-state index contributed by atoms with van der Waals surface area (Å²) in [5, 5.41) is 8.88. The number of alkyl halides is 3. The highest BCUT2D eigenvalue weighted by atomic mass is 19.4. The molecule has 6 fully saturated rings. The summed E-state index contributed by atoms with van der Waals surface area (Å²) in [6.45, 7) is 12.3. The number of ether oxygens (including phenoxy) is 1. The minimum absolute atomic E-state index is 0.00739. The van der Waals surface area contributed by atoms with Crippen molar-refractivity contribution < 1.29 is 75.4 Å². The molecule has 104 heavy (non-hydrogen) atoms. The van der Waals surface area contributed by atoms with Gasteiger partial charge in [-0.3, -0.25) is 57.5 Å². The number of likely N-dealkylation sites (N-methyl/N-ethyl adjacent to an activating group) is 7. The Morgan fingerprint density at radius 3 is 1.90 bits per heavy atom. The second-order valence-electron chi connectivity index (χ2n) is 32.3. The third kappa shape index (κ3) is 20.4. The molecule has 3 unspecified atom stereocenters. The Morgan fingerprint density at radius 1 is 0.663 bits per heavy atom. The zero-order valence-electron chi connectivity index (χ0n) is 64.7. The number of carbonyl (C=O) groups excluding carboxylic acids is 12. The van der Waals surface area contributed by atoms with Crippen LogP contribution in [0.25, 0.3) is 0 Å². The Bertz CT molecular complexity index is 3080. The summed E-state index contributed by atoms with van der Waals surface area (Å²) in [6, 6.07) is -9.81. The molecule has 0 radical (unpaired) electrons. The standard InChI is InChI=1S/C76H123F3N12O13/c1-16-49(7)64-72(101)85(10)45-63(94)86(11)55-26-19-18-22-37-90(71(55)100)59(40-50-29-27-47(5)28-30-50)70(99)84(9)44-61(92)80-54(34-32-51-31-33-53(76(77,78)79)60(41-51)104-15)68(97)91-43-48(6)39-57(91)67(96)82-75(35-23-36-75)74(103)89(14)65(52-24-20-21-25-52)73(102)88(13)58(69(98)83(8)17-2)42-62(93)87(12)56(38-46(3)4)66(95)81-64/h18-19,46-60,64-65H,16-17,20-45H2,1-15H3,(H,80,92)(H,81,95)(H,82,96)/b19-18-/t47?,48-,49+,50?,51?,53?,54+,55+,56+,57+,58+,59+,60?,64+,65+/m1/s1. The molecule has 586 valence electrons. The van der Waals surface area contributed by atoms with Gasteiger partial charge in [0, 0.05) is 76.1 Å². The van der Waals surface area contributed by atoms with Crippen LogP contribution in [0.5, 0.6) is 0 Å². The molecule has 3 aliphatic heterocycles. The zero-order chi connectivity index (χ0) is 77.0. The lowest BCUT2D eigenvalue weighted by Crippen LogP contribution is -2.68. The van der Waals surface area contributed by atoms with Crippen LogP contribution in [0.3, 0.4) is 0 Å². The maximum atomic E-state index is 15.6. The van der Waals surface area contributed by atoms with E-state index in [1.165, 1.54) is 93.5 Å². The average Bonchev–Trinajstić information content (AvgIpc) is 1.19. The van der Waals surface area contributed by atoms with Crippen LogP contribution < -0.4 is 16.0 Å². The van der Waals surface area contributed by atoms with Crippen molar-refractivity contribution in [3.63, 3.8) is 0 Å². The highest BCUT2D eigenvalue weighted by Crippen LogP contribution is 2.44. The van der Waals surface area contributed by atoms with Crippen LogP contribution in [-0.2, 0) is 62.3 Å². The molecule has 4 aliphatic carbocycles. The SMILES string of the molecule is CC[C@H](C)[C@@H]1NC(=O)[C@H](CC(C)C)N(C)C(=O)C[C@@H](C(=O)N(C)CC)N(C)C(=O)[C@H](C2CCCC2)N(C)C(=O)C2(CCC2)NC(=O)[C@@H]2C[C@@H](C)CN2C(=O)[C@H](CCC2CCC(C(F)(F)F)C(OC)C2)NC(=O)CN(C)C(=O)[C@H](CC2CCC(C)CC2)N2CC/C=C\C[C@@H](C2=O)N(C)C(=O)CN(C)C1=O. The largest absolute Gasteiger partial charge is 0.394 e. The molecular weight excluding hydrogens is 1350 g/mol. The fourth-order valence-electron chi connectivity index (χ4n) is 17.1. The van der Waals surface area contributed by atoms with Gasteiger partial charge in [0.2, 0.25) is 70.9 Å². The van der Waals surface area contributed by atoms with E-state index in [4.69, 9.17) is 4.74 Å². The predicted molar refractivity (Wildman–Crippen MR) is 385 cm³/mol. The van der Waals surface area contributed by atoms with Crippen molar-refractivity contribution in [1.29, 1.82) is 0 Å². The van der Waals surface area contributed by atoms with Crippen LogP contribution >= 0.6 is 0 Å². The van der Waals surface area contributed by atoms with Gasteiger partial charge in [-0.15, -0.1) is 0 Å². The Morgan fingerprint density at radius 2 is 1.31 bits per heavy atom. The van der Waals surface area contributed by atoms with E-state index in [-0.39, 0.29) is 114 Å².